The molecule has 10 heteroatoms. The minimum Gasteiger partial charge on any atom is -0.478 e. The molecule has 170 valence electrons. The molecular weight excluding hydrogens is 415 g/mol. The fraction of sp³-hybridized carbons (Fsp3) is 0.700. The fourth-order valence-corrected chi connectivity index (χ4v) is 3.36. The summed E-state index contributed by atoms with van der Waals surface area (Å²) in [6.07, 6.45) is -2.96. The molecule has 2 heterocycles. The summed E-state index contributed by atoms with van der Waals surface area (Å²) in [6.45, 7) is 1.90. The lowest BCUT2D eigenvalue weighted by Crippen LogP contribution is -2.43. The summed E-state index contributed by atoms with van der Waals surface area (Å²) in [5.41, 5.74) is 0.00733. The maximum Gasteiger partial charge on any atom is 0.422 e. The van der Waals surface area contributed by atoms with E-state index >= 15 is 0 Å². The third-order valence-corrected chi connectivity index (χ3v) is 4.94. The maximum absolute atomic E-state index is 14.1. The summed E-state index contributed by atoms with van der Waals surface area (Å²) in [4.78, 5) is 0. The van der Waals surface area contributed by atoms with Gasteiger partial charge in [0.05, 0.1) is 32.3 Å². The molecule has 0 saturated carbocycles. The fourth-order valence-electron chi connectivity index (χ4n) is 3.36. The Morgan fingerprint density at radius 3 is 2.10 bits per heavy atom. The Morgan fingerprint density at radius 2 is 1.57 bits per heavy atom. The Hall–Kier alpha value is -1.49. The van der Waals surface area contributed by atoms with Crippen molar-refractivity contribution in [2.75, 3.05) is 33.0 Å². The summed E-state index contributed by atoms with van der Waals surface area (Å²) in [6, 6.07) is 1.68. The quantitative estimate of drug-likeness (QED) is 0.573. The summed E-state index contributed by atoms with van der Waals surface area (Å²) < 4.78 is 91.6. The highest BCUT2D eigenvalue weighted by Crippen LogP contribution is 2.33. The zero-order valence-electron chi connectivity index (χ0n) is 16.6. The van der Waals surface area contributed by atoms with Gasteiger partial charge in [0.15, 0.2) is 36.6 Å². The summed E-state index contributed by atoms with van der Waals surface area (Å²) in [7, 11) is 0. The van der Waals surface area contributed by atoms with Crippen LogP contribution in [0.15, 0.2) is 12.1 Å². The maximum atomic E-state index is 14.1. The molecule has 3 rings (SSSR count). The van der Waals surface area contributed by atoms with Crippen molar-refractivity contribution >= 4 is 0 Å². The van der Waals surface area contributed by atoms with E-state index in [2.05, 4.69) is 11.7 Å². The predicted octanol–water partition coefficient (Wildman–Crippen LogP) is 4.75. The zero-order chi connectivity index (χ0) is 21.7. The molecule has 0 aromatic heterocycles. The van der Waals surface area contributed by atoms with E-state index in [0.29, 0.717) is 19.1 Å². The van der Waals surface area contributed by atoms with Gasteiger partial charge >= 0.3 is 6.18 Å². The highest BCUT2D eigenvalue weighted by molar-refractivity contribution is 5.32. The molecule has 30 heavy (non-hydrogen) atoms. The first kappa shape index (κ1) is 23.2. The standard InChI is InChI=1S/C20H25F5O5/c1-2-3-4-12-7-26-19(27-8-12)14-9-28-18(29-10-14)13-5-15(21)17(16(22)6-13)30-11-20(23,24)25/h5-6,12,14,18-19H,2-4,7-11H2,1H3/t12-,14-,18-,19-. The first-order valence-electron chi connectivity index (χ1n) is 9.91. The monoisotopic (exact) mass is 440 g/mol. The number of rotatable bonds is 7. The van der Waals surface area contributed by atoms with Gasteiger partial charge in [-0.3, -0.25) is 0 Å². The zero-order valence-corrected chi connectivity index (χ0v) is 16.6. The van der Waals surface area contributed by atoms with Crippen LogP contribution < -0.4 is 4.74 Å². The molecule has 2 fully saturated rings. The van der Waals surface area contributed by atoms with Crippen molar-refractivity contribution in [1.29, 1.82) is 0 Å². The van der Waals surface area contributed by atoms with E-state index in [1.165, 1.54) is 0 Å². The van der Waals surface area contributed by atoms with E-state index in [-0.39, 0.29) is 24.7 Å². The van der Waals surface area contributed by atoms with Crippen LogP contribution in [0.5, 0.6) is 5.75 Å². The van der Waals surface area contributed by atoms with E-state index in [0.717, 1.165) is 31.4 Å². The summed E-state index contributed by atoms with van der Waals surface area (Å²) >= 11 is 0. The largest absolute Gasteiger partial charge is 0.478 e. The van der Waals surface area contributed by atoms with Crippen molar-refractivity contribution in [3.8, 4) is 5.75 Å². The molecule has 0 amide bonds. The molecule has 1 aromatic carbocycles. The lowest BCUT2D eigenvalue weighted by molar-refractivity contribution is -0.283. The molecule has 5 nitrogen and oxygen atoms in total. The average molecular weight is 440 g/mol. The van der Waals surface area contributed by atoms with E-state index in [1.807, 2.05) is 0 Å². The Kier molecular flexibility index (Phi) is 7.89. The Balaban J connectivity index is 1.51. The van der Waals surface area contributed by atoms with Gasteiger partial charge in [-0.1, -0.05) is 19.8 Å². The van der Waals surface area contributed by atoms with Crippen LogP contribution in [0.1, 0.15) is 38.0 Å². The lowest BCUT2D eigenvalue weighted by Gasteiger charge is -2.37. The van der Waals surface area contributed by atoms with Crippen LogP contribution in [0.4, 0.5) is 22.0 Å². The van der Waals surface area contributed by atoms with Crippen molar-refractivity contribution in [3.05, 3.63) is 29.3 Å². The molecule has 2 aliphatic heterocycles. The molecule has 2 saturated heterocycles. The van der Waals surface area contributed by atoms with Crippen LogP contribution >= 0.6 is 0 Å². The van der Waals surface area contributed by atoms with Gasteiger partial charge in [0.1, 0.15) is 0 Å². The van der Waals surface area contributed by atoms with E-state index < -0.39 is 42.7 Å². The number of hydrogen-bond acceptors (Lipinski definition) is 5. The van der Waals surface area contributed by atoms with E-state index in [9.17, 15) is 22.0 Å². The number of benzene rings is 1. The van der Waals surface area contributed by atoms with Crippen molar-refractivity contribution < 1.29 is 45.6 Å². The average Bonchev–Trinajstić information content (AvgIpc) is 2.71. The Labute approximate surface area is 171 Å². The number of alkyl halides is 3. The Bertz CT molecular complexity index is 660. The third kappa shape index (κ3) is 6.26. The van der Waals surface area contributed by atoms with Crippen LogP contribution in [0.25, 0.3) is 0 Å². The molecule has 0 N–H and O–H groups in total. The van der Waals surface area contributed by atoms with Gasteiger partial charge in [0.2, 0.25) is 0 Å². The van der Waals surface area contributed by atoms with Gasteiger partial charge in [0, 0.05) is 11.5 Å². The summed E-state index contributed by atoms with van der Waals surface area (Å²) in [5.74, 6) is -3.45. The van der Waals surface area contributed by atoms with Crippen LogP contribution in [0, 0.1) is 23.5 Å². The topological polar surface area (TPSA) is 46.2 Å². The second-order valence-electron chi connectivity index (χ2n) is 7.52. The normalized spacial score (nSPS) is 27.8. The van der Waals surface area contributed by atoms with Crippen LogP contribution in [0.3, 0.4) is 0 Å². The second kappa shape index (κ2) is 10.2. The highest BCUT2D eigenvalue weighted by Gasteiger charge is 2.35. The highest BCUT2D eigenvalue weighted by atomic mass is 19.4. The smallest absolute Gasteiger partial charge is 0.422 e. The third-order valence-electron chi connectivity index (χ3n) is 4.94. The molecular formula is C20H25F5O5. The molecule has 1 aromatic rings. The first-order chi connectivity index (χ1) is 14.3. The molecule has 0 radical (unpaired) electrons. The van der Waals surface area contributed by atoms with Crippen molar-refractivity contribution in [1.82, 2.24) is 0 Å². The first-order valence-corrected chi connectivity index (χ1v) is 9.91. The van der Waals surface area contributed by atoms with E-state index in [4.69, 9.17) is 18.9 Å². The van der Waals surface area contributed by atoms with E-state index in [1.54, 1.807) is 0 Å². The molecule has 0 unspecified atom stereocenters. The number of hydrogen-bond donors (Lipinski definition) is 0. The van der Waals surface area contributed by atoms with Crippen molar-refractivity contribution in [3.63, 3.8) is 0 Å². The van der Waals surface area contributed by atoms with Gasteiger partial charge < -0.3 is 23.7 Å². The number of unbranched alkanes of at least 4 members (excludes halogenated alkanes) is 1. The lowest BCUT2D eigenvalue weighted by atomic mass is 10.0. The SMILES string of the molecule is CCCC[C@H]1CO[C@H]([C@H]2CO[C@H](c3cc(F)c(OCC(F)(F)F)c(F)c3)OC2)OC1. The van der Waals surface area contributed by atoms with Gasteiger partial charge in [-0.15, -0.1) is 0 Å². The van der Waals surface area contributed by atoms with Gasteiger partial charge in [0.25, 0.3) is 0 Å². The Morgan fingerprint density at radius 1 is 0.967 bits per heavy atom. The molecule has 0 aliphatic carbocycles. The van der Waals surface area contributed by atoms with Crippen molar-refractivity contribution in [2.45, 2.75) is 44.9 Å². The minimum atomic E-state index is -4.71. The predicted molar refractivity (Wildman–Crippen MR) is 94.8 cm³/mol. The van der Waals surface area contributed by atoms with Crippen LogP contribution in [0.2, 0.25) is 0 Å². The minimum absolute atomic E-state index is 0.00733. The van der Waals surface area contributed by atoms with Crippen LogP contribution in [-0.2, 0) is 18.9 Å². The van der Waals surface area contributed by atoms with Gasteiger partial charge in [-0.25, -0.2) is 8.78 Å². The van der Waals surface area contributed by atoms with Gasteiger partial charge in [-0.05, 0) is 18.6 Å². The molecule has 0 spiro atoms. The molecule has 0 atom stereocenters. The van der Waals surface area contributed by atoms with Gasteiger partial charge in [-0.2, -0.15) is 13.2 Å². The van der Waals surface area contributed by atoms with Crippen molar-refractivity contribution in [2.24, 2.45) is 11.8 Å². The molecule has 2 aliphatic rings. The second-order valence-corrected chi connectivity index (χ2v) is 7.52. The molecule has 0 bridgehead atoms. The number of halogens is 5. The number of ether oxygens (including phenoxy) is 5. The van der Waals surface area contributed by atoms with Crippen LogP contribution in [-0.4, -0.2) is 45.5 Å². The summed E-state index contributed by atoms with van der Waals surface area (Å²) in [5, 5.41) is 0.